The normalized spacial score (nSPS) is 14.5. The van der Waals surface area contributed by atoms with E-state index in [2.05, 4.69) is 25.9 Å². The van der Waals surface area contributed by atoms with Gasteiger partial charge in [0.1, 0.15) is 0 Å². The van der Waals surface area contributed by atoms with Crippen LogP contribution in [0.2, 0.25) is 0 Å². The van der Waals surface area contributed by atoms with Crippen molar-refractivity contribution in [3.63, 3.8) is 0 Å². The van der Waals surface area contributed by atoms with E-state index in [1.165, 1.54) is 0 Å². The quantitative estimate of drug-likeness (QED) is 0.288. The highest BCUT2D eigenvalue weighted by Gasteiger charge is 2.38. The van der Waals surface area contributed by atoms with Crippen molar-refractivity contribution < 1.29 is 50.9 Å². The summed E-state index contributed by atoms with van der Waals surface area (Å²) in [5.74, 6) is 0.759. The minimum absolute atomic E-state index is 0.717. The minimum atomic E-state index is -5.08. The highest BCUT2D eigenvalue weighted by atomic mass is 19.4. The number of hydrogen-bond acceptors (Lipinski definition) is 7. The maximum atomic E-state index is 10.6. The number of nitrogens with one attached hydrogen (secondary N) is 1. The van der Waals surface area contributed by atoms with Crippen molar-refractivity contribution in [2.24, 2.45) is 5.84 Å². The Bertz CT molecular complexity index is 888. The van der Waals surface area contributed by atoms with Crippen LogP contribution in [0.1, 0.15) is 0 Å². The molecule has 1 aromatic carbocycles. The summed E-state index contributed by atoms with van der Waals surface area (Å²) in [5, 5.41) is 14.2. The van der Waals surface area contributed by atoms with E-state index < -0.39 is 24.3 Å². The van der Waals surface area contributed by atoms with E-state index in [1.807, 2.05) is 18.2 Å². The number of halogens is 6. The van der Waals surface area contributed by atoms with Gasteiger partial charge in [0.15, 0.2) is 0 Å². The Labute approximate surface area is 182 Å². The van der Waals surface area contributed by atoms with Gasteiger partial charge in [-0.15, -0.1) is 0 Å². The van der Waals surface area contributed by atoms with Gasteiger partial charge >= 0.3 is 24.3 Å². The summed E-state index contributed by atoms with van der Waals surface area (Å²) in [4.78, 5) is 24.7. The van der Waals surface area contributed by atoms with Crippen LogP contribution in [0.25, 0.3) is 11.0 Å². The van der Waals surface area contributed by atoms with Crippen LogP contribution in [0, 0.1) is 0 Å². The molecule has 33 heavy (non-hydrogen) atoms. The number of hydrazine groups is 1. The molecule has 0 bridgehead atoms. The van der Waals surface area contributed by atoms with E-state index in [9.17, 15) is 26.3 Å². The Balaban J connectivity index is 0.000000324. The molecule has 0 radical (unpaired) electrons. The van der Waals surface area contributed by atoms with Crippen molar-refractivity contribution in [2.75, 3.05) is 38.3 Å². The summed E-state index contributed by atoms with van der Waals surface area (Å²) in [6, 6.07) is 8.08. The first-order valence-corrected chi connectivity index (χ1v) is 9.09. The van der Waals surface area contributed by atoms with Gasteiger partial charge in [-0.1, -0.05) is 12.1 Å². The van der Waals surface area contributed by atoms with E-state index in [0.717, 1.165) is 56.4 Å². The number of alkyl halides is 6. The van der Waals surface area contributed by atoms with Crippen LogP contribution < -0.4 is 11.3 Å². The predicted octanol–water partition coefficient (Wildman–Crippen LogP) is 1.92. The van der Waals surface area contributed by atoms with Crippen molar-refractivity contribution in [1.29, 1.82) is 0 Å². The van der Waals surface area contributed by atoms with E-state index in [0.29, 0.717) is 0 Å². The second-order valence-corrected chi connectivity index (χ2v) is 6.28. The van der Waals surface area contributed by atoms with Crippen LogP contribution in [0.4, 0.5) is 32.3 Å². The Hall–Kier alpha value is -3.11. The number of nitrogen functional groups attached to an aromatic ring is 1. The fourth-order valence-corrected chi connectivity index (χ4v) is 2.48. The Morgan fingerprint density at radius 1 is 1.00 bits per heavy atom. The topological polar surface area (TPSA) is 143 Å². The van der Waals surface area contributed by atoms with Crippen LogP contribution in [-0.4, -0.2) is 81.8 Å². The molecule has 186 valence electrons. The number of para-hydroxylation sites is 2. The molecule has 0 atom stereocenters. The van der Waals surface area contributed by atoms with Crippen molar-refractivity contribution in [3.8, 4) is 0 Å². The molecule has 1 aliphatic rings. The molecule has 10 nitrogen and oxygen atoms in total. The molecule has 0 saturated carbocycles. The first kappa shape index (κ1) is 27.9. The number of carbonyl (C=O) groups is 2. The number of anilines is 1. The summed E-state index contributed by atoms with van der Waals surface area (Å²) >= 11 is 0. The number of nitrogens with two attached hydrogens (primary N) is 1. The van der Waals surface area contributed by atoms with Gasteiger partial charge in [0, 0.05) is 26.2 Å². The molecular formula is C17H21F6N5O5. The SMILES string of the molecule is NNc1nc2ccccc2n1CCN1CCOCC1.O=C(O)C(F)(F)F.O=C(O)C(F)(F)F. The number of aromatic nitrogens is 2. The second kappa shape index (κ2) is 12.2. The lowest BCUT2D eigenvalue weighted by molar-refractivity contribution is -0.193. The largest absolute Gasteiger partial charge is 0.490 e. The third kappa shape index (κ3) is 9.50. The standard InChI is InChI=1S/C13H19N5O.2C2HF3O2/c14-16-13-15-11-3-1-2-4-12(11)18(13)6-5-17-7-9-19-10-8-17;2*3-2(4,5)1(6)7/h1-4H,5-10,14H2,(H,15,16);2*(H,6,7). The first-order chi connectivity index (χ1) is 15.3. The number of imidazole rings is 1. The molecule has 3 rings (SSSR count). The minimum Gasteiger partial charge on any atom is -0.475 e. The van der Waals surface area contributed by atoms with Crippen molar-refractivity contribution in [2.45, 2.75) is 18.9 Å². The number of benzene rings is 1. The Morgan fingerprint density at radius 3 is 1.94 bits per heavy atom. The smallest absolute Gasteiger partial charge is 0.475 e. The van der Waals surface area contributed by atoms with Gasteiger partial charge in [0.2, 0.25) is 5.95 Å². The number of nitrogens with zero attached hydrogens (tertiary/aromatic N) is 3. The molecule has 0 amide bonds. The van der Waals surface area contributed by atoms with Crippen molar-refractivity contribution in [3.05, 3.63) is 24.3 Å². The van der Waals surface area contributed by atoms with Crippen molar-refractivity contribution in [1.82, 2.24) is 14.5 Å². The van der Waals surface area contributed by atoms with E-state index in [4.69, 9.17) is 30.4 Å². The van der Waals surface area contributed by atoms with Gasteiger partial charge in [-0.05, 0) is 12.1 Å². The molecule has 1 aliphatic heterocycles. The zero-order valence-corrected chi connectivity index (χ0v) is 16.9. The number of aliphatic carboxylic acids is 2. The molecule has 5 N–H and O–H groups in total. The third-order valence-corrected chi connectivity index (χ3v) is 4.01. The number of carboxylic acids is 2. The number of rotatable bonds is 4. The predicted molar refractivity (Wildman–Crippen MR) is 102 cm³/mol. The third-order valence-electron chi connectivity index (χ3n) is 4.01. The van der Waals surface area contributed by atoms with Crippen LogP contribution in [0.15, 0.2) is 24.3 Å². The lowest BCUT2D eigenvalue weighted by atomic mass is 10.3. The monoisotopic (exact) mass is 489 g/mol. The molecule has 1 aromatic heterocycles. The summed E-state index contributed by atoms with van der Waals surface area (Å²) < 4.78 is 71.0. The summed E-state index contributed by atoms with van der Waals surface area (Å²) in [7, 11) is 0. The average molecular weight is 489 g/mol. The van der Waals surface area contributed by atoms with Crippen molar-refractivity contribution >= 4 is 28.9 Å². The Kier molecular flexibility index (Phi) is 10.3. The molecule has 1 fully saturated rings. The summed E-state index contributed by atoms with van der Waals surface area (Å²) in [5.41, 5.74) is 4.77. The number of ether oxygens (including phenoxy) is 1. The molecule has 0 spiro atoms. The lowest BCUT2D eigenvalue weighted by Crippen LogP contribution is -2.38. The number of carboxylic acid groups (broad SMARTS) is 2. The molecule has 16 heteroatoms. The molecule has 1 saturated heterocycles. The molecule has 2 aromatic rings. The summed E-state index contributed by atoms with van der Waals surface area (Å²) in [6.07, 6.45) is -10.2. The fourth-order valence-electron chi connectivity index (χ4n) is 2.48. The zero-order valence-electron chi connectivity index (χ0n) is 16.9. The highest BCUT2D eigenvalue weighted by molar-refractivity contribution is 5.78. The number of fused-ring (bicyclic) bond motifs is 1. The van der Waals surface area contributed by atoms with Gasteiger partial charge in [-0.2, -0.15) is 26.3 Å². The van der Waals surface area contributed by atoms with Crippen LogP contribution in [0.3, 0.4) is 0 Å². The van der Waals surface area contributed by atoms with Gasteiger partial charge in [-0.3, -0.25) is 10.3 Å². The second-order valence-electron chi connectivity index (χ2n) is 6.28. The average Bonchev–Trinajstić information content (AvgIpc) is 3.10. The van der Waals surface area contributed by atoms with Gasteiger partial charge < -0.3 is 19.5 Å². The number of hydrogen-bond donors (Lipinski definition) is 4. The van der Waals surface area contributed by atoms with Crippen LogP contribution in [-0.2, 0) is 20.9 Å². The summed E-state index contributed by atoms with van der Waals surface area (Å²) in [6.45, 7) is 5.51. The maximum absolute atomic E-state index is 10.6. The molecule has 2 heterocycles. The van der Waals surface area contributed by atoms with Gasteiger partial charge in [0.25, 0.3) is 0 Å². The highest BCUT2D eigenvalue weighted by Crippen LogP contribution is 2.19. The van der Waals surface area contributed by atoms with E-state index in [-0.39, 0.29) is 0 Å². The lowest BCUT2D eigenvalue weighted by Gasteiger charge is -2.26. The zero-order chi connectivity index (χ0) is 25.2. The Morgan fingerprint density at radius 2 is 1.48 bits per heavy atom. The van der Waals surface area contributed by atoms with Gasteiger partial charge in [0.05, 0.1) is 24.2 Å². The molecule has 0 unspecified atom stereocenters. The van der Waals surface area contributed by atoms with E-state index >= 15 is 0 Å². The first-order valence-electron chi connectivity index (χ1n) is 9.09. The van der Waals surface area contributed by atoms with Crippen LogP contribution >= 0.6 is 0 Å². The van der Waals surface area contributed by atoms with Crippen LogP contribution in [0.5, 0.6) is 0 Å². The molecule has 0 aliphatic carbocycles. The molecular weight excluding hydrogens is 468 g/mol. The number of morpholine rings is 1. The fraction of sp³-hybridized carbons (Fsp3) is 0.471. The maximum Gasteiger partial charge on any atom is 0.490 e. The van der Waals surface area contributed by atoms with E-state index in [1.54, 1.807) is 0 Å². The van der Waals surface area contributed by atoms with Gasteiger partial charge in [-0.25, -0.2) is 20.4 Å².